The summed E-state index contributed by atoms with van der Waals surface area (Å²) < 4.78 is 5.03. The molecular weight excluding hydrogens is 192 g/mol. The van der Waals surface area contributed by atoms with Crippen LogP contribution in [0.15, 0.2) is 0 Å². The first-order valence-electron chi connectivity index (χ1n) is 5.21. The molecule has 0 saturated carbocycles. The molecule has 1 heterocycles. The smallest absolute Gasteiger partial charge is 0.129 e. The summed E-state index contributed by atoms with van der Waals surface area (Å²) in [5.41, 5.74) is 3.32. The van der Waals surface area contributed by atoms with E-state index in [1.807, 2.05) is 0 Å². The summed E-state index contributed by atoms with van der Waals surface area (Å²) in [5, 5.41) is 9.61. The monoisotopic (exact) mass is 212 g/mol. The molecule has 1 saturated heterocycles. The van der Waals surface area contributed by atoms with Gasteiger partial charge < -0.3 is 9.84 Å². The van der Waals surface area contributed by atoms with Gasteiger partial charge in [0, 0.05) is 5.92 Å². The normalized spacial score (nSPS) is 24.8. The number of hydrogen-bond acceptors (Lipinski definition) is 2. The molecule has 1 fully saturated rings. The Bertz CT molecular complexity index is 242. The lowest BCUT2D eigenvalue weighted by Gasteiger charge is -2.10. The van der Waals surface area contributed by atoms with Crippen LogP contribution in [0.3, 0.4) is 0 Å². The zero-order valence-corrected chi connectivity index (χ0v) is 10.5. The van der Waals surface area contributed by atoms with Crippen LogP contribution in [0.4, 0.5) is 0 Å². The van der Waals surface area contributed by atoms with Crippen LogP contribution in [0.1, 0.15) is 13.3 Å². The molecule has 1 N–H and O–H groups in total. The maximum absolute atomic E-state index is 9.61. The van der Waals surface area contributed by atoms with Gasteiger partial charge in [-0.25, -0.2) is 0 Å². The minimum atomic E-state index is -1.26. The second-order valence-corrected chi connectivity index (χ2v) is 9.85. The summed E-state index contributed by atoms with van der Waals surface area (Å²) in [4.78, 5) is 0. The Balaban J connectivity index is 2.32. The first-order valence-corrected chi connectivity index (χ1v) is 8.71. The molecule has 1 rings (SSSR count). The van der Waals surface area contributed by atoms with E-state index in [0.29, 0.717) is 0 Å². The van der Waals surface area contributed by atoms with E-state index in [-0.39, 0.29) is 18.1 Å². The second kappa shape index (κ2) is 4.48. The topological polar surface area (TPSA) is 32.8 Å². The van der Waals surface area contributed by atoms with Crippen molar-refractivity contribution in [3.05, 3.63) is 0 Å². The Hall–Kier alpha value is -0.303. The maximum atomic E-state index is 9.61. The highest BCUT2D eigenvalue weighted by Crippen LogP contribution is 2.19. The molecule has 80 valence electrons. The Labute approximate surface area is 87.7 Å². The van der Waals surface area contributed by atoms with E-state index in [2.05, 4.69) is 38.0 Å². The third-order valence-electron chi connectivity index (χ3n) is 2.08. The highest BCUT2D eigenvalue weighted by atomic mass is 28.3. The van der Waals surface area contributed by atoms with Crippen molar-refractivity contribution in [1.29, 1.82) is 0 Å². The average molecular weight is 212 g/mol. The van der Waals surface area contributed by atoms with Crippen LogP contribution in [0.5, 0.6) is 0 Å². The molecule has 0 bridgehead atoms. The number of aliphatic hydroxyl groups is 1. The van der Waals surface area contributed by atoms with Gasteiger partial charge in [0.2, 0.25) is 0 Å². The SMILES string of the molecule is C[C@@H](C#C[Si](C)(C)C)C[C@H](O)C1CO1. The van der Waals surface area contributed by atoms with E-state index in [1.54, 1.807) is 0 Å². The van der Waals surface area contributed by atoms with E-state index in [4.69, 9.17) is 4.74 Å². The highest BCUT2D eigenvalue weighted by Gasteiger charge is 2.31. The molecule has 14 heavy (non-hydrogen) atoms. The summed E-state index contributed by atoms with van der Waals surface area (Å²) in [6.45, 7) is 9.47. The largest absolute Gasteiger partial charge is 0.390 e. The highest BCUT2D eigenvalue weighted by molar-refractivity contribution is 6.83. The molecule has 3 heteroatoms. The predicted molar refractivity (Wildman–Crippen MR) is 60.6 cm³/mol. The van der Waals surface area contributed by atoms with E-state index >= 15 is 0 Å². The molecule has 1 aliphatic rings. The van der Waals surface area contributed by atoms with Gasteiger partial charge in [-0.2, -0.15) is 0 Å². The van der Waals surface area contributed by atoms with Gasteiger partial charge in [-0.3, -0.25) is 0 Å². The van der Waals surface area contributed by atoms with E-state index < -0.39 is 8.07 Å². The van der Waals surface area contributed by atoms with Gasteiger partial charge in [0.05, 0.1) is 12.7 Å². The lowest BCUT2D eigenvalue weighted by molar-refractivity contribution is 0.118. The fraction of sp³-hybridized carbons (Fsp3) is 0.818. The maximum Gasteiger partial charge on any atom is 0.129 e. The van der Waals surface area contributed by atoms with Crippen molar-refractivity contribution in [2.75, 3.05) is 6.61 Å². The summed E-state index contributed by atoms with van der Waals surface area (Å²) in [5.74, 6) is 3.51. The van der Waals surface area contributed by atoms with Crippen molar-refractivity contribution < 1.29 is 9.84 Å². The molecule has 0 aliphatic carbocycles. The Morgan fingerprint density at radius 1 is 1.50 bits per heavy atom. The number of hydrogen-bond donors (Lipinski definition) is 1. The zero-order valence-electron chi connectivity index (χ0n) is 9.50. The van der Waals surface area contributed by atoms with Crippen LogP contribution in [0, 0.1) is 17.4 Å². The van der Waals surface area contributed by atoms with Crippen molar-refractivity contribution >= 4 is 8.07 Å². The number of epoxide rings is 1. The lowest BCUT2D eigenvalue weighted by Crippen LogP contribution is -2.19. The molecule has 2 nitrogen and oxygen atoms in total. The van der Waals surface area contributed by atoms with Gasteiger partial charge in [-0.15, -0.1) is 11.5 Å². The fourth-order valence-corrected chi connectivity index (χ4v) is 1.87. The van der Waals surface area contributed by atoms with Crippen molar-refractivity contribution in [2.24, 2.45) is 5.92 Å². The molecule has 0 aromatic rings. The molecule has 0 aromatic heterocycles. The van der Waals surface area contributed by atoms with Gasteiger partial charge in [0.15, 0.2) is 0 Å². The van der Waals surface area contributed by atoms with Crippen LogP contribution in [-0.2, 0) is 4.74 Å². The van der Waals surface area contributed by atoms with Gasteiger partial charge in [0.1, 0.15) is 14.2 Å². The summed E-state index contributed by atoms with van der Waals surface area (Å²) >= 11 is 0. The molecule has 0 radical (unpaired) electrons. The van der Waals surface area contributed by atoms with Gasteiger partial charge in [0.25, 0.3) is 0 Å². The minimum Gasteiger partial charge on any atom is -0.390 e. The first kappa shape index (κ1) is 11.8. The summed E-state index contributed by atoms with van der Waals surface area (Å²) in [6.07, 6.45) is 0.509. The van der Waals surface area contributed by atoms with Crippen LogP contribution >= 0.6 is 0 Å². The van der Waals surface area contributed by atoms with Crippen molar-refractivity contribution in [2.45, 2.75) is 45.2 Å². The van der Waals surface area contributed by atoms with E-state index in [0.717, 1.165) is 13.0 Å². The molecule has 0 spiro atoms. The Morgan fingerprint density at radius 3 is 2.50 bits per heavy atom. The second-order valence-electron chi connectivity index (χ2n) is 5.10. The number of ether oxygens (including phenoxy) is 1. The molecule has 3 atom stereocenters. The number of aliphatic hydroxyl groups excluding tert-OH is 1. The Morgan fingerprint density at radius 2 is 2.07 bits per heavy atom. The summed E-state index contributed by atoms with van der Waals surface area (Å²) in [6, 6.07) is 0. The van der Waals surface area contributed by atoms with Crippen LogP contribution in [-0.4, -0.2) is 32.0 Å². The van der Waals surface area contributed by atoms with Gasteiger partial charge in [-0.1, -0.05) is 26.6 Å². The van der Waals surface area contributed by atoms with Crippen molar-refractivity contribution in [3.8, 4) is 11.5 Å². The lowest BCUT2D eigenvalue weighted by atomic mass is 10.0. The molecule has 1 unspecified atom stereocenters. The van der Waals surface area contributed by atoms with E-state index in [9.17, 15) is 5.11 Å². The minimum absolute atomic E-state index is 0.0890. The van der Waals surface area contributed by atoms with Crippen LogP contribution in [0.25, 0.3) is 0 Å². The third-order valence-corrected chi connectivity index (χ3v) is 2.97. The average Bonchev–Trinajstić information content (AvgIpc) is 2.81. The van der Waals surface area contributed by atoms with Crippen LogP contribution in [0.2, 0.25) is 19.6 Å². The molecular formula is C11H20O2Si. The first-order chi connectivity index (χ1) is 6.38. The Kier molecular flexibility index (Phi) is 3.76. The molecule has 1 aliphatic heterocycles. The fourth-order valence-electron chi connectivity index (χ4n) is 1.19. The van der Waals surface area contributed by atoms with Crippen LogP contribution < -0.4 is 0 Å². The third kappa shape index (κ3) is 4.80. The molecule has 0 amide bonds. The zero-order chi connectivity index (χ0) is 10.8. The predicted octanol–water partition coefficient (Wildman–Crippen LogP) is 1.65. The van der Waals surface area contributed by atoms with Gasteiger partial charge >= 0.3 is 0 Å². The quantitative estimate of drug-likeness (QED) is 0.438. The molecule has 0 aromatic carbocycles. The number of rotatable bonds is 3. The van der Waals surface area contributed by atoms with Gasteiger partial charge in [-0.05, 0) is 6.42 Å². The van der Waals surface area contributed by atoms with Crippen molar-refractivity contribution in [3.63, 3.8) is 0 Å². The van der Waals surface area contributed by atoms with E-state index in [1.165, 1.54) is 0 Å². The summed E-state index contributed by atoms with van der Waals surface area (Å²) in [7, 11) is -1.26. The standard InChI is InChI=1S/C11H20O2Si/c1-9(5-6-14(2,3)4)7-10(12)11-8-13-11/h9-12H,7-8H2,1-4H3/t9-,10-,11?/m0/s1. The van der Waals surface area contributed by atoms with Crippen molar-refractivity contribution in [1.82, 2.24) is 0 Å².